The minimum absolute atomic E-state index is 0.00190. The van der Waals surface area contributed by atoms with Crippen molar-refractivity contribution in [2.45, 2.75) is 241 Å². The summed E-state index contributed by atoms with van der Waals surface area (Å²) in [5, 5.41) is 73.2. The van der Waals surface area contributed by atoms with Gasteiger partial charge in [0.1, 0.15) is 90.3 Å². The number of aliphatic hydroxyl groups is 2. The number of amides is 17. The van der Waals surface area contributed by atoms with Gasteiger partial charge in [-0.25, -0.2) is 4.98 Å². The highest BCUT2D eigenvalue weighted by atomic mass is 32.2. The van der Waals surface area contributed by atoms with Gasteiger partial charge in [-0.3, -0.25) is 86.9 Å². The van der Waals surface area contributed by atoms with Crippen LogP contribution in [0.25, 0.3) is 21.0 Å². The number of phenols is 1. The molecule has 0 saturated carbocycles. The molecule has 137 heavy (non-hydrogen) atoms. The second kappa shape index (κ2) is 51.6. The second-order valence-electron chi connectivity index (χ2n) is 35.2. The number of para-hydroxylation sites is 1. The number of imidazole rings is 1. The van der Waals surface area contributed by atoms with Gasteiger partial charge in [0.25, 0.3) is 0 Å². The van der Waals surface area contributed by atoms with Crippen LogP contribution in [0.1, 0.15) is 147 Å². The first kappa shape index (κ1) is 107. The number of unbranched alkanes of at least 4 members (excludes halogenated alkanes) is 2. The number of likely N-dealkylation sites (N-methyl/N-ethyl adjacent to an activating group) is 3. The van der Waals surface area contributed by atoms with Crippen molar-refractivity contribution in [2.24, 2.45) is 23.1 Å². The number of benzene rings is 3. The maximum absolute atomic E-state index is 15.8. The van der Waals surface area contributed by atoms with Gasteiger partial charge in [0, 0.05) is 107 Å². The van der Waals surface area contributed by atoms with Crippen molar-refractivity contribution >= 4 is 150 Å². The Hall–Kier alpha value is -13.3. The molecule has 0 aliphatic carbocycles. The maximum Gasteiger partial charge on any atom is 0.246 e. The molecule has 43 nitrogen and oxygen atoms in total. The molecule has 0 radical (unpaired) electrons. The summed E-state index contributed by atoms with van der Waals surface area (Å²) >= 11 is 2.29. The van der Waals surface area contributed by atoms with Crippen LogP contribution >= 0.6 is 23.1 Å². The van der Waals surface area contributed by atoms with Crippen molar-refractivity contribution in [3.63, 3.8) is 0 Å². The lowest BCUT2D eigenvalue weighted by Gasteiger charge is -2.36. The molecule has 1 unspecified atom stereocenters. The molecular formula is C92H129N23O20S2. The number of aliphatic hydroxyl groups excluding tert-OH is 2. The zero-order valence-corrected chi connectivity index (χ0v) is 79.8. The third-order valence-corrected chi connectivity index (χ3v) is 26.5. The number of thiophene rings is 1. The van der Waals surface area contributed by atoms with Crippen LogP contribution in [0.5, 0.6) is 5.75 Å². The summed E-state index contributed by atoms with van der Waals surface area (Å²) in [5.41, 5.74) is 19.2. The highest BCUT2D eigenvalue weighted by Crippen LogP contribution is 2.30. The highest BCUT2D eigenvalue weighted by Gasteiger charge is 2.47. The quantitative estimate of drug-likeness (QED) is 0.0162. The third kappa shape index (κ3) is 30.3. The summed E-state index contributed by atoms with van der Waals surface area (Å²) in [6.07, 6.45) is 2.05. The van der Waals surface area contributed by atoms with Crippen molar-refractivity contribution in [2.75, 3.05) is 65.4 Å². The minimum Gasteiger partial charge on any atom is -0.508 e. The highest BCUT2D eigenvalue weighted by molar-refractivity contribution is 7.99. The number of hydrogen-bond acceptors (Lipinski definition) is 24. The monoisotopic (exact) mass is 1940 g/mol. The van der Waals surface area contributed by atoms with E-state index in [4.69, 9.17) is 22.6 Å². The zero-order chi connectivity index (χ0) is 100. The lowest BCUT2D eigenvalue weighted by molar-refractivity contribution is -0.149. The SMILES string of the molecule is CCCC[C@H]1C(=O)N(C)[C@@H](CCCC)C(=O)N[C@@H](CCCNC(=N)N)C(=O)NC(C(=O)NCC(N)=O)CCSCC(=O)N[C@@H](Cc2ccc(O)cc2)C(=O)N(C)[C@@H](C)C(=O)N[C@@H](CC(N)=O)C(=O)N2CCC[C@H]2C(=O)N[C@@H](Cc2cnc[nH]2)C(=O)N[C@@H](CC(C)C)C(=O)N2C[C@H](O)C[C@H]2C(=O)N[C@@H](Cc2c[nH]c3ccccc23)C(=O)N[C@@H](CO)C(=O)N[C@@H](Cc2csc3ccccc23)C(=O)N1C. The van der Waals surface area contributed by atoms with Crippen molar-refractivity contribution in [1.29, 1.82) is 5.41 Å². The first-order chi connectivity index (χ1) is 65.3. The van der Waals surface area contributed by atoms with E-state index in [1.54, 1.807) is 55.8 Å². The van der Waals surface area contributed by atoms with Crippen LogP contribution in [0.15, 0.2) is 96.9 Å². The lowest BCUT2D eigenvalue weighted by atomic mass is 10.00. The molecule has 3 aliphatic heterocycles. The largest absolute Gasteiger partial charge is 0.508 e. The molecule has 15 atom stereocenters. The van der Waals surface area contributed by atoms with Crippen molar-refractivity contribution < 1.29 is 96.8 Å². The second-order valence-corrected chi connectivity index (χ2v) is 37.2. The van der Waals surface area contributed by atoms with Gasteiger partial charge < -0.3 is 125 Å². The van der Waals surface area contributed by atoms with Crippen LogP contribution in [0.4, 0.5) is 0 Å². The van der Waals surface area contributed by atoms with E-state index >= 15 is 38.4 Å². The number of carbonyl (C=O) groups is 17. The van der Waals surface area contributed by atoms with E-state index in [2.05, 4.69) is 73.4 Å². The number of guanidine groups is 1. The molecule has 3 fully saturated rings. The van der Waals surface area contributed by atoms with E-state index in [-0.39, 0.29) is 108 Å². The maximum atomic E-state index is 15.8. The van der Waals surface area contributed by atoms with Crippen LogP contribution in [0.2, 0.25) is 0 Å². The van der Waals surface area contributed by atoms with E-state index in [0.717, 1.165) is 41.0 Å². The molecule has 6 aromatic rings. The number of aromatic nitrogens is 3. The van der Waals surface area contributed by atoms with E-state index in [0.29, 0.717) is 64.4 Å². The summed E-state index contributed by atoms with van der Waals surface area (Å²) in [7, 11) is 3.95. The summed E-state index contributed by atoms with van der Waals surface area (Å²) in [4.78, 5) is 266. The molecule has 6 heterocycles. The van der Waals surface area contributed by atoms with E-state index < -0.39 is 235 Å². The van der Waals surface area contributed by atoms with Gasteiger partial charge in [0.05, 0.1) is 37.8 Å². The fourth-order valence-corrected chi connectivity index (χ4v) is 18.7. The third-order valence-electron chi connectivity index (χ3n) is 24.5. The van der Waals surface area contributed by atoms with E-state index in [1.807, 2.05) is 32.0 Å². The Balaban J connectivity index is 1.09. The van der Waals surface area contributed by atoms with Gasteiger partial charge in [0.15, 0.2) is 5.96 Å². The minimum atomic E-state index is -1.88. The molecule has 3 aromatic heterocycles. The van der Waals surface area contributed by atoms with Gasteiger partial charge in [-0.05, 0) is 122 Å². The molecule has 3 aromatic carbocycles. The average Bonchev–Trinajstić information content (AvgIpc) is 1.17. The predicted molar refractivity (Wildman–Crippen MR) is 508 cm³/mol. The Kier molecular flexibility index (Phi) is 40.4. The number of aromatic amines is 2. The van der Waals surface area contributed by atoms with Crippen molar-refractivity contribution in [3.05, 3.63) is 119 Å². The number of rotatable bonds is 26. The standard InChI is InChI=1S/C92H129N23O20S2/c1-9-11-23-70-84(128)104-61(22-17-32-98-92(95)96)80(124)103-62(79(123)100-44-76(94)120)31-34-136-48-77(121)102-66(36-52-27-29-56(117)30-28-52)87(131)111(6)51(5)78(122)107-68(41-75(93)119)89(133)114-33-18-25-71(114)85(129)106-64(39-55-43-97-49-101-55)82(126)108-65(35-50(3)4)90(134)115-45-57(118)40-73(115)86(130)105-63(37-53-42-99-60-21-15-13-19-58(53)60)81(125)110-69(46-116)83(127)109-67(38-54-47-137-74-26-16-14-20-59(54)74)88(132)113(8)72(24-12-10-2)91(135)112(70)7/h13-16,19-21,26-30,42-43,47,49-51,57,61-73,99,116-118H,9-12,17-18,22-25,31-41,44-46,48H2,1-8H3,(H2,93,119)(H2,94,120)(H,97,101)(H,100,123)(H,102,121)(H,103,124)(H,104,128)(H,105,130)(H,106,129)(H,107,122)(H,108,126)(H,109,127)(H,110,125)(H4,95,96,98)/t51-,57+,61-,62?,63-,64-,65-,66-,67-,68-,69-,70-,71-,72-,73-/m0/s1. The van der Waals surface area contributed by atoms with Gasteiger partial charge in [-0.15, -0.1) is 11.3 Å². The fraction of sp³-hybridized carbons (Fsp3) is 0.533. The molecule has 3 saturated heterocycles. The summed E-state index contributed by atoms with van der Waals surface area (Å²) in [5.74, 6) is -17.1. The van der Waals surface area contributed by atoms with Crippen molar-refractivity contribution in [1.82, 2.24) is 97.9 Å². The summed E-state index contributed by atoms with van der Waals surface area (Å²) in [6, 6.07) is -1.62. The number of thioether (sulfide) groups is 1. The van der Waals surface area contributed by atoms with Crippen LogP contribution in [0, 0.1) is 11.3 Å². The number of hydrogen-bond donors (Lipinski definition) is 20. The number of primary amides is 2. The predicted octanol–water partition coefficient (Wildman–Crippen LogP) is -1.81. The summed E-state index contributed by atoms with van der Waals surface area (Å²) in [6.45, 7) is 6.13. The fourth-order valence-electron chi connectivity index (χ4n) is 16.9. The van der Waals surface area contributed by atoms with Gasteiger partial charge in [0.2, 0.25) is 100 Å². The summed E-state index contributed by atoms with van der Waals surface area (Å²) < 4.78 is 0.814. The number of nitrogens with zero attached hydrogens (tertiary/aromatic N) is 6. The van der Waals surface area contributed by atoms with E-state index in [9.17, 15) is 58.5 Å². The topological polar surface area (TPSA) is 646 Å². The van der Waals surface area contributed by atoms with Crippen molar-refractivity contribution in [3.8, 4) is 5.75 Å². The normalized spacial score (nSPS) is 24.7. The number of nitrogens with one attached hydrogen (secondary N) is 14. The smallest absolute Gasteiger partial charge is 0.246 e. The van der Waals surface area contributed by atoms with Crippen LogP contribution in [-0.4, -0.2) is 317 Å². The Bertz CT molecular complexity index is 5270. The Morgan fingerprint density at radius 2 is 1.15 bits per heavy atom. The first-order valence-corrected chi connectivity index (χ1v) is 48.0. The molecule has 744 valence electrons. The molecule has 0 spiro atoms. The molecule has 23 N–H and O–H groups in total. The Morgan fingerprint density at radius 3 is 1.81 bits per heavy atom. The van der Waals surface area contributed by atoms with Crippen LogP contribution in [-0.2, 0) is 107 Å². The molecule has 9 rings (SSSR count). The van der Waals surface area contributed by atoms with Gasteiger partial charge >= 0.3 is 0 Å². The Labute approximate surface area is 800 Å². The average molecular weight is 1940 g/mol. The molecule has 45 heteroatoms. The van der Waals surface area contributed by atoms with Crippen LogP contribution in [0.3, 0.4) is 0 Å². The molecular weight excluding hydrogens is 1810 g/mol. The number of nitrogens with two attached hydrogens (primary N) is 3. The number of phenolic OH excluding ortho intramolecular Hbond substituents is 1. The van der Waals surface area contributed by atoms with Gasteiger partial charge in [-0.2, -0.15) is 11.8 Å². The Morgan fingerprint density at radius 1 is 0.569 bits per heavy atom. The van der Waals surface area contributed by atoms with Gasteiger partial charge in [-0.1, -0.05) is 102 Å². The molecule has 17 amide bonds. The molecule has 0 bridgehead atoms. The number of carbonyl (C=O) groups excluding carboxylic acids is 17. The van der Waals surface area contributed by atoms with E-state index in [1.165, 1.54) is 76.2 Å². The number of aromatic hydroxyl groups is 1. The first-order valence-electron chi connectivity index (χ1n) is 46.0. The lowest BCUT2D eigenvalue weighted by Crippen LogP contribution is -2.62. The number of H-pyrrole nitrogens is 2. The number of fused-ring (bicyclic) bond motifs is 4. The van der Waals surface area contributed by atoms with Crippen LogP contribution < -0.4 is 75.7 Å². The zero-order valence-electron chi connectivity index (χ0n) is 78.2. The molecule has 3 aliphatic rings.